The summed E-state index contributed by atoms with van der Waals surface area (Å²) in [6.45, 7) is 0. The van der Waals surface area contributed by atoms with Crippen molar-refractivity contribution in [2.45, 2.75) is 12.4 Å². The van der Waals surface area contributed by atoms with E-state index in [0.717, 1.165) is 4.90 Å². The van der Waals surface area contributed by atoms with Gasteiger partial charge in [-0.2, -0.15) is 0 Å². The lowest BCUT2D eigenvalue weighted by Crippen LogP contribution is -2.46. The standard InChI is InChI=1S/C17H15N3O2/c1-19-14-8-5-9-18-13(14)10-12-15(19)17(22)20(16(12)21)11-6-3-2-4-7-11/h2-9,12,15H,10H2,1H3/t12-,15+/m0/s1/i10D2. The predicted molar refractivity (Wildman–Crippen MR) is 82.6 cm³/mol. The van der Waals surface area contributed by atoms with Gasteiger partial charge in [-0.25, -0.2) is 4.90 Å². The van der Waals surface area contributed by atoms with Crippen molar-refractivity contribution in [3.05, 3.63) is 54.4 Å². The maximum Gasteiger partial charge on any atom is 0.257 e. The third kappa shape index (κ3) is 1.68. The molecule has 2 aromatic rings. The van der Waals surface area contributed by atoms with Gasteiger partial charge in [-0.15, -0.1) is 0 Å². The van der Waals surface area contributed by atoms with Gasteiger partial charge in [-0.05, 0) is 24.3 Å². The van der Waals surface area contributed by atoms with Crippen molar-refractivity contribution in [1.29, 1.82) is 0 Å². The fraction of sp³-hybridized carbons (Fsp3) is 0.235. The molecular formula is C17H15N3O2. The van der Waals surface area contributed by atoms with Crippen LogP contribution in [0.2, 0.25) is 0 Å². The van der Waals surface area contributed by atoms with Gasteiger partial charge in [0.1, 0.15) is 6.04 Å². The van der Waals surface area contributed by atoms with Crippen molar-refractivity contribution in [3.8, 4) is 0 Å². The molecule has 3 heterocycles. The Labute approximate surface area is 131 Å². The Balaban J connectivity index is 1.88. The molecule has 110 valence electrons. The Morgan fingerprint density at radius 2 is 1.91 bits per heavy atom. The third-order valence-corrected chi connectivity index (χ3v) is 4.17. The van der Waals surface area contributed by atoms with Crippen LogP contribution < -0.4 is 9.80 Å². The maximum absolute atomic E-state index is 12.9. The van der Waals surface area contributed by atoms with E-state index in [2.05, 4.69) is 4.98 Å². The van der Waals surface area contributed by atoms with E-state index in [1.54, 1.807) is 54.4 Å². The minimum Gasteiger partial charge on any atom is -0.360 e. The van der Waals surface area contributed by atoms with E-state index < -0.39 is 30.1 Å². The van der Waals surface area contributed by atoms with Crippen molar-refractivity contribution in [3.63, 3.8) is 0 Å². The second-order valence-electron chi connectivity index (χ2n) is 5.40. The molecule has 2 amide bonds. The number of para-hydroxylation sites is 1. The monoisotopic (exact) mass is 295 g/mol. The minimum absolute atomic E-state index is 0.199. The molecule has 0 bridgehead atoms. The van der Waals surface area contributed by atoms with E-state index >= 15 is 0 Å². The van der Waals surface area contributed by atoms with E-state index in [9.17, 15) is 9.59 Å². The number of rotatable bonds is 1. The number of aromatic nitrogens is 1. The van der Waals surface area contributed by atoms with Crippen LogP contribution in [0, 0.1) is 5.92 Å². The number of hydrogen-bond acceptors (Lipinski definition) is 4. The molecule has 5 heteroatoms. The highest BCUT2D eigenvalue weighted by Gasteiger charge is 2.52. The van der Waals surface area contributed by atoms with Crippen molar-refractivity contribution in [2.24, 2.45) is 5.92 Å². The van der Waals surface area contributed by atoms with Crippen molar-refractivity contribution < 1.29 is 12.3 Å². The lowest BCUT2D eigenvalue weighted by Gasteiger charge is -2.34. The van der Waals surface area contributed by atoms with Crippen LogP contribution in [0.3, 0.4) is 0 Å². The molecule has 0 aliphatic carbocycles. The summed E-state index contributed by atoms with van der Waals surface area (Å²) in [5.41, 5.74) is 1.20. The molecule has 5 nitrogen and oxygen atoms in total. The Morgan fingerprint density at radius 3 is 2.68 bits per heavy atom. The SMILES string of the molecule is [2H]C1([2H])c2ncccc2N(C)[C@H]2C(=O)N(c3ccccc3)C(=O)[C@H]21. The van der Waals surface area contributed by atoms with Gasteiger partial charge in [0.15, 0.2) is 0 Å². The summed E-state index contributed by atoms with van der Waals surface area (Å²) in [6, 6.07) is 11.2. The lowest BCUT2D eigenvalue weighted by atomic mass is 9.90. The zero-order chi connectivity index (χ0) is 17.1. The maximum atomic E-state index is 12.9. The van der Waals surface area contributed by atoms with Gasteiger partial charge in [0.2, 0.25) is 5.91 Å². The highest BCUT2D eigenvalue weighted by atomic mass is 16.2. The number of nitrogens with zero attached hydrogens (tertiary/aromatic N) is 3. The van der Waals surface area contributed by atoms with Crippen LogP contribution in [0.5, 0.6) is 0 Å². The molecule has 22 heavy (non-hydrogen) atoms. The first-order valence-corrected chi connectivity index (χ1v) is 7.06. The molecule has 1 fully saturated rings. The second kappa shape index (κ2) is 4.66. The molecule has 0 spiro atoms. The average molecular weight is 295 g/mol. The smallest absolute Gasteiger partial charge is 0.257 e. The number of likely N-dealkylation sites (N-methyl/N-ethyl adjacent to an activating group) is 1. The number of amides is 2. The van der Waals surface area contributed by atoms with Gasteiger partial charge in [0, 0.05) is 22.4 Å². The van der Waals surface area contributed by atoms with Gasteiger partial charge in [-0.1, -0.05) is 18.2 Å². The van der Waals surface area contributed by atoms with Crippen molar-refractivity contribution >= 4 is 23.2 Å². The largest absolute Gasteiger partial charge is 0.360 e. The number of anilines is 2. The van der Waals surface area contributed by atoms with Crippen LogP contribution in [-0.4, -0.2) is 29.9 Å². The van der Waals surface area contributed by atoms with Crippen LogP contribution in [0.25, 0.3) is 0 Å². The van der Waals surface area contributed by atoms with Crippen LogP contribution in [-0.2, 0) is 16.0 Å². The summed E-state index contributed by atoms with van der Waals surface area (Å²) >= 11 is 0. The number of hydrogen-bond donors (Lipinski definition) is 0. The summed E-state index contributed by atoms with van der Waals surface area (Å²) in [4.78, 5) is 32.8. The van der Waals surface area contributed by atoms with E-state index in [1.165, 1.54) is 6.20 Å². The molecule has 2 aliphatic heterocycles. The number of benzene rings is 1. The normalized spacial score (nSPS) is 27.1. The third-order valence-electron chi connectivity index (χ3n) is 4.17. The van der Waals surface area contributed by atoms with Gasteiger partial charge in [0.05, 0.1) is 23.0 Å². The molecule has 2 atom stereocenters. The zero-order valence-electron chi connectivity index (χ0n) is 13.9. The highest BCUT2D eigenvalue weighted by Crippen LogP contribution is 2.38. The quantitative estimate of drug-likeness (QED) is 0.750. The topological polar surface area (TPSA) is 53.5 Å². The Hall–Kier alpha value is -2.69. The molecule has 0 radical (unpaired) electrons. The summed E-state index contributed by atoms with van der Waals surface area (Å²) in [5, 5.41) is 0. The summed E-state index contributed by atoms with van der Waals surface area (Å²) in [6.07, 6.45) is -0.509. The van der Waals surface area contributed by atoms with E-state index in [1.807, 2.05) is 0 Å². The molecule has 2 aliphatic rings. The molecule has 0 N–H and O–H groups in total. The van der Waals surface area contributed by atoms with Crippen LogP contribution in [0.4, 0.5) is 11.4 Å². The van der Waals surface area contributed by atoms with Crippen LogP contribution in [0.15, 0.2) is 48.7 Å². The summed E-state index contributed by atoms with van der Waals surface area (Å²) in [7, 11) is 1.70. The van der Waals surface area contributed by atoms with E-state index in [-0.39, 0.29) is 5.69 Å². The lowest BCUT2D eigenvalue weighted by molar-refractivity contribution is -0.122. The Morgan fingerprint density at radius 1 is 1.14 bits per heavy atom. The number of fused-ring (bicyclic) bond motifs is 2. The molecule has 0 saturated carbocycles. The molecule has 1 aromatic carbocycles. The van der Waals surface area contributed by atoms with Crippen molar-refractivity contribution in [1.82, 2.24) is 4.98 Å². The molecular weight excluding hydrogens is 278 g/mol. The zero-order valence-corrected chi connectivity index (χ0v) is 11.9. The van der Waals surface area contributed by atoms with Gasteiger partial charge in [0.25, 0.3) is 5.91 Å². The molecule has 1 aromatic heterocycles. The molecule has 1 saturated heterocycles. The van der Waals surface area contributed by atoms with E-state index in [4.69, 9.17) is 2.74 Å². The number of carbonyl (C=O) groups excluding carboxylic acids is 2. The number of carbonyl (C=O) groups is 2. The first-order chi connectivity index (χ1) is 11.4. The van der Waals surface area contributed by atoms with E-state index in [0.29, 0.717) is 11.4 Å². The average Bonchev–Trinajstić information content (AvgIpc) is 2.86. The Bertz CT molecular complexity index is 841. The fourth-order valence-electron chi connectivity index (χ4n) is 3.11. The van der Waals surface area contributed by atoms with Crippen LogP contribution >= 0.6 is 0 Å². The van der Waals surface area contributed by atoms with Gasteiger partial charge < -0.3 is 4.90 Å². The summed E-state index contributed by atoms with van der Waals surface area (Å²) in [5.74, 6) is -2.04. The highest BCUT2D eigenvalue weighted by molar-refractivity contribution is 6.24. The fourth-order valence-corrected chi connectivity index (χ4v) is 3.11. The molecule has 4 rings (SSSR count). The number of pyridine rings is 1. The molecule has 0 unspecified atom stereocenters. The summed E-state index contributed by atoms with van der Waals surface area (Å²) < 4.78 is 17.0. The first kappa shape index (κ1) is 11.0. The Kier molecular flexibility index (Phi) is 2.32. The van der Waals surface area contributed by atoms with Gasteiger partial charge in [-0.3, -0.25) is 14.6 Å². The first-order valence-electron chi connectivity index (χ1n) is 8.06. The predicted octanol–water partition coefficient (Wildman–Crippen LogP) is 1.63. The van der Waals surface area contributed by atoms with Crippen molar-refractivity contribution in [2.75, 3.05) is 16.8 Å². The van der Waals surface area contributed by atoms with Crippen LogP contribution in [0.1, 0.15) is 8.44 Å². The minimum atomic E-state index is -2.01. The number of imide groups is 1. The second-order valence-corrected chi connectivity index (χ2v) is 5.40. The van der Waals surface area contributed by atoms with Gasteiger partial charge >= 0.3 is 0 Å².